The molecule has 0 radical (unpaired) electrons. The molecule has 0 aromatic rings. The van der Waals surface area contributed by atoms with Gasteiger partial charge in [0.25, 0.3) is 0 Å². The molecule has 2 saturated heterocycles. The summed E-state index contributed by atoms with van der Waals surface area (Å²) in [6.45, 7) is 10.6. The van der Waals surface area contributed by atoms with Gasteiger partial charge in [0.1, 0.15) is 0 Å². The topological polar surface area (TPSA) is 18.5 Å². The second kappa shape index (κ2) is 7.05. The summed E-state index contributed by atoms with van der Waals surface area (Å²) in [6.07, 6.45) is 13.7. The standard InChI is InChI=1S/C28H43FO2/c1-17-7-12-28(30-16-17)18(2)25-24(31-28)14-23-21-6-5-20-13-19(15-29)8-10-26(20,3)22(21)9-11-27(23,25)4/h5,17-19,21-25H,6-16H2,1-4H3/t17-,18+,19+,21-,22+,23+,24+,25?,26+,27+,28-/m1/s1. The third kappa shape index (κ3) is 2.81. The van der Waals surface area contributed by atoms with Crippen molar-refractivity contribution in [2.24, 2.45) is 52.3 Å². The predicted octanol–water partition coefficient (Wildman–Crippen LogP) is 6.94. The molecule has 2 heterocycles. The van der Waals surface area contributed by atoms with Crippen molar-refractivity contribution >= 4 is 0 Å². The van der Waals surface area contributed by atoms with Gasteiger partial charge in [0.15, 0.2) is 5.79 Å². The van der Waals surface area contributed by atoms with Gasteiger partial charge in [0, 0.05) is 12.3 Å². The number of fused-ring (bicyclic) bond motifs is 7. The van der Waals surface area contributed by atoms with Crippen molar-refractivity contribution in [3.05, 3.63) is 11.6 Å². The molecule has 0 bridgehead atoms. The first-order valence-electron chi connectivity index (χ1n) is 13.4. The zero-order chi connectivity index (χ0) is 21.6. The van der Waals surface area contributed by atoms with Gasteiger partial charge in [0.05, 0.1) is 19.4 Å². The maximum absolute atomic E-state index is 13.4. The average molecular weight is 431 g/mol. The molecule has 6 aliphatic rings. The average Bonchev–Trinajstić information content (AvgIpc) is 3.20. The van der Waals surface area contributed by atoms with Crippen LogP contribution in [0.3, 0.4) is 0 Å². The lowest BCUT2D eigenvalue weighted by Gasteiger charge is -2.58. The fourth-order valence-corrected chi connectivity index (χ4v) is 9.89. The van der Waals surface area contributed by atoms with Gasteiger partial charge in [-0.2, -0.15) is 0 Å². The number of hydrogen-bond acceptors (Lipinski definition) is 2. The monoisotopic (exact) mass is 430 g/mol. The summed E-state index contributed by atoms with van der Waals surface area (Å²) in [4.78, 5) is 0. The van der Waals surface area contributed by atoms with Crippen LogP contribution < -0.4 is 0 Å². The van der Waals surface area contributed by atoms with E-state index in [4.69, 9.17) is 9.47 Å². The molecule has 0 aromatic carbocycles. The molecule has 0 amide bonds. The zero-order valence-corrected chi connectivity index (χ0v) is 20.2. The minimum absolute atomic E-state index is 0.136. The Kier molecular flexibility index (Phi) is 4.81. The van der Waals surface area contributed by atoms with E-state index in [2.05, 4.69) is 33.8 Å². The molecule has 4 aliphatic carbocycles. The van der Waals surface area contributed by atoms with Crippen LogP contribution in [0.25, 0.3) is 0 Å². The highest BCUT2D eigenvalue weighted by Gasteiger charge is 2.68. The molecule has 11 atom stereocenters. The van der Waals surface area contributed by atoms with E-state index in [1.165, 1.54) is 38.5 Å². The van der Waals surface area contributed by atoms with E-state index < -0.39 is 0 Å². The smallest absolute Gasteiger partial charge is 0.171 e. The Morgan fingerprint density at radius 3 is 2.65 bits per heavy atom. The largest absolute Gasteiger partial charge is 0.349 e. The summed E-state index contributed by atoms with van der Waals surface area (Å²) in [5.74, 6) is 4.14. The normalized spacial score (nSPS) is 58.3. The number of alkyl halides is 1. The highest BCUT2D eigenvalue weighted by Crippen LogP contribution is 2.70. The van der Waals surface area contributed by atoms with Crippen LogP contribution in [0.4, 0.5) is 4.39 Å². The van der Waals surface area contributed by atoms with E-state index in [0.717, 1.165) is 43.6 Å². The molecule has 174 valence electrons. The van der Waals surface area contributed by atoms with Crippen LogP contribution in [0.15, 0.2) is 11.6 Å². The second-order valence-electron chi connectivity index (χ2n) is 13.0. The molecular weight excluding hydrogens is 387 g/mol. The van der Waals surface area contributed by atoms with Gasteiger partial charge in [-0.25, -0.2) is 0 Å². The van der Waals surface area contributed by atoms with E-state index in [1.807, 2.05) is 0 Å². The zero-order valence-electron chi connectivity index (χ0n) is 20.2. The quantitative estimate of drug-likeness (QED) is 0.420. The molecule has 0 aromatic heterocycles. The van der Waals surface area contributed by atoms with E-state index in [9.17, 15) is 4.39 Å². The first-order valence-corrected chi connectivity index (χ1v) is 13.4. The maximum Gasteiger partial charge on any atom is 0.171 e. The molecule has 1 unspecified atom stereocenters. The van der Waals surface area contributed by atoms with Crippen molar-refractivity contribution in [1.82, 2.24) is 0 Å². The summed E-state index contributed by atoms with van der Waals surface area (Å²) in [5, 5.41) is 0. The van der Waals surface area contributed by atoms with Crippen molar-refractivity contribution in [3.63, 3.8) is 0 Å². The molecule has 31 heavy (non-hydrogen) atoms. The number of allylic oxidation sites excluding steroid dienone is 2. The Balaban J connectivity index is 1.27. The Bertz CT molecular complexity index is 754. The molecule has 2 nitrogen and oxygen atoms in total. The van der Waals surface area contributed by atoms with Crippen molar-refractivity contribution in [2.75, 3.05) is 13.3 Å². The van der Waals surface area contributed by atoms with Crippen molar-refractivity contribution in [3.8, 4) is 0 Å². The van der Waals surface area contributed by atoms with Gasteiger partial charge in [-0.3, -0.25) is 4.39 Å². The Labute approximate surface area is 188 Å². The molecule has 3 heteroatoms. The minimum atomic E-state index is -0.303. The molecule has 3 saturated carbocycles. The van der Waals surface area contributed by atoms with E-state index in [0.29, 0.717) is 34.7 Å². The SMILES string of the molecule is C[C@@H]1CC[C@@]2(OC1)O[C@H]1C[C@H]3[C@@H]4CC=C5C[C@@H](CF)CC[C@]5(C)[C@H]4CC[C@]3(C)C1[C@@H]2C. The van der Waals surface area contributed by atoms with Gasteiger partial charge >= 0.3 is 0 Å². The minimum Gasteiger partial charge on any atom is -0.349 e. The van der Waals surface area contributed by atoms with E-state index in [1.54, 1.807) is 5.57 Å². The van der Waals surface area contributed by atoms with Crippen LogP contribution in [0, 0.1) is 52.3 Å². The lowest BCUT2D eigenvalue weighted by Crippen LogP contribution is -2.52. The Hall–Kier alpha value is -0.410. The summed E-state index contributed by atoms with van der Waals surface area (Å²) in [6, 6.07) is 0. The summed E-state index contributed by atoms with van der Waals surface area (Å²) < 4.78 is 26.8. The molecule has 2 aliphatic heterocycles. The van der Waals surface area contributed by atoms with Crippen LogP contribution in [0.5, 0.6) is 0 Å². The lowest BCUT2D eigenvalue weighted by molar-refractivity contribution is -0.272. The molecular formula is C28H43FO2. The number of rotatable bonds is 1. The van der Waals surface area contributed by atoms with Crippen molar-refractivity contribution in [2.45, 2.75) is 97.4 Å². The Morgan fingerprint density at radius 1 is 1.06 bits per heavy atom. The highest BCUT2D eigenvalue weighted by molar-refractivity contribution is 5.26. The van der Waals surface area contributed by atoms with E-state index >= 15 is 0 Å². The second-order valence-corrected chi connectivity index (χ2v) is 13.0. The summed E-state index contributed by atoms with van der Waals surface area (Å²) >= 11 is 0. The van der Waals surface area contributed by atoms with E-state index in [-0.39, 0.29) is 18.4 Å². The molecule has 6 rings (SSSR count). The van der Waals surface area contributed by atoms with Gasteiger partial charge in [0.2, 0.25) is 0 Å². The van der Waals surface area contributed by atoms with Crippen molar-refractivity contribution < 1.29 is 13.9 Å². The van der Waals surface area contributed by atoms with Crippen LogP contribution in [0.2, 0.25) is 0 Å². The summed E-state index contributed by atoms with van der Waals surface area (Å²) in [5.41, 5.74) is 2.32. The summed E-state index contributed by atoms with van der Waals surface area (Å²) in [7, 11) is 0. The lowest BCUT2D eigenvalue weighted by atomic mass is 9.46. The predicted molar refractivity (Wildman–Crippen MR) is 121 cm³/mol. The van der Waals surface area contributed by atoms with Crippen LogP contribution in [-0.2, 0) is 9.47 Å². The third-order valence-electron chi connectivity index (χ3n) is 11.7. The number of halogens is 1. The molecule has 0 N–H and O–H groups in total. The third-order valence-corrected chi connectivity index (χ3v) is 11.7. The first kappa shape index (κ1) is 21.1. The Morgan fingerprint density at radius 2 is 1.90 bits per heavy atom. The first-order chi connectivity index (χ1) is 14.8. The highest BCUT2D eigenvalue weighted by atomic mass is 19.1. The van der Waals surface area contributed by atoms with Crippen molar-refractivity contribution in [1.29, 1.82) is 0 Å². The molecule has 5 fully saturated rings. The fourth-order valence-electron chi connectivity index (χ4n) is 9.89. The number of hydrogen-bond donors (Lipinski definition) is 0. The van der Waals surface area contributed by atoms with Gasteiger partial charge in [-0.05, 0) is 97.7 Å². The molecule has 1 spiro atoms. The van der Waals surface area contributed by atoms with Crippen LogP contribution >= 0.6 is 0 Å². The van der Waals surface area contributed by atoms with Crippen LogP contribution in [0.1, 0.15) is 85.5 Å². The van der Waals surface area contributed by atoms with Gasteiger partial charge in [-0.15, -0.1) is 0 Å². The van der Waals surface area contributed by atoms with Gasteiger partial charge in [-0.1, -0.05) is 39.3 Å². The maximum atomic E-state index is 13.4. The van der Waals surface area contributed by atoms with Gasteiger partial charge < -0.3 is 9.47 Å². The number of ether oxygens (including phenoxy) is 2. The fraction of sp³-hybridized carbons (Fsp3) is 0.929. The van der Waals surface area contributed by atoms with Crippen LogP contribution in [-0.4, -0.2) is 25.2 Å².